The molecule has 0 amide bonds. The summed E-state index contributed by atoms with van der Waals surface area (Å²) >= 11 is 0. The van der Waals surface area contributed by atoms with Gasteiger partial charge >= 0.3 is 0 Å². The number of nitrogens with one attached hydrogen (secondary N) is 1. The fourth-order valence-corrected chi connectivity index (χ4v) is 2.91. The van der Waals surface area contributed by atoms with Crippen molar-refractivity contribution in [2.75, 3.05) is 11.6 Å². The predicted octanol–water partition coefficient (Wildman–Crippen LogP) is 2.61. The normalized spacial score (nSPS) is 20.2. The maximum atomic E-state index is 11.6. The molecule has 0 aromatic heterocycles. The van der Waals surface area contributed by atoms with Crippen molar-refractivity contribution in [3.8, 4) is 0 Å². The maximum absolute atomic E-state index is 11.6. The lowest BCUT2D eigenvalue weighted by molar-refractivity contribution is 0.601. The highest BCUT2D eigenvalue weighted by Gasteiger charge is 2.16. The van der Waals surface area contributed by atoms with Crippen LogP contribution in [-0.4, -0.2) is 20.7 Å². The maximum Gasteiger partial charge on any atom is 0.177 e. The number of rotatable bonds is 3. The van der Waals surface area contributed by atoms with Gasteiger partial charge in [-0.25, -0.2) is 8.42 Å². The lowest BCUT2D eigenvalue weighted by Gasteiger charge is -2.21. The van der Waals surface area contributed by atoms with Crippen LogP contribution in [0.5, 0.6) is 0 Å². The average Bonchev–Trinajstić information content (AvgIpc) is 2.30. The topological polar surface area (TPSA) is 46.2 Å². The van der Waals surface area contributed by atoms with E-state index in [9.17, 15) is 8.42 Å². The summed E-state index contributed by atoms with van der Waals surface area (Å²) in [6.45, 7) is 0. The molecule has 0 bridgehead atoms. The van der Waals surface area contributed by atoms with Crippen molar-refractivity contribution in [1.82, 2.24) is 0 Å². The molecule has 0 saturated carbocycles. The molecule has 1 N–H and O–H groups in total. The van der Waals surface area contributed by atoms with Gasteiger partial charge in [-0.05, 0) is 31.4 Å². The quantitative estimate of drug-likeness (QED) is 0.840. The molecule has 1 aliphatic rings. The Morgan fingerprint density at radius 2 is 2.00 bits per heavy atom. The van der Waals surface area contributed by atoms with Crippen LogP contribution in [0.2, 0.25) is 0 Å². The van der Waals surface area contributed by atoms with Crippen LogP contribution in [0.1, 0.15) is 19.3 Å². The molecule has 2 rings (SSSR count). The molecule has 0 radical (unpaired) electrons. The van der Waals surface area contributed by atoms with Crippen LogP contribution < -0.4 is 5.32 Å². The summed E-state index contributed by atoms with van der Waals surface area (Å²) in [5.74, 6) is 0. The number of sulfone groups is 1. The highest BCUT2D eigenvalue weighted by Crippen LogP contribution is 2.24. The number of para-hydroxylation sites is 1. The monoisotopic (exact) mass is 251 g/mol. The van der Waals surface area contributed by atoms with Crippen molar-refractivity contribution in [3.63, 3.8) is 0 Å². The van der Waals surface area contributed by atoms with E-state index in [-0.39, 0.29) is 0 Å². The van der Waals surface area contributed by atoms with Crippen LogP contribution in [0.15, 0.2) is 41.3 Å². The first-order chi connectivity index (χ1) is 8.07. The lowest BCUT2D eigenvalue weighted by Crippen LogP contribution is -2.21. The Morgan fingerprint density at radius 3 is 2.65 bits per heavy atom. The zero-order chi connectivity index (χ0) is 12.3. The Balaban J connectivity index is 2.24. The molecule has 1 unspecified atom stereocenters. The second kappa shape index (κ2) is 4.92. The Morgan fingerprint density at radius 1 is 1.24 bits per heavy atom. The summed E-state index contributed by atoms with van der Waals surface area (Å²) in [6, 6.07) is 7.42. The fourth-order valence-electron chi connectivity index (χ4n) is 2.05. The molecule has 1 aromatic rings. The van der Waals surface area contributed by atoms with E-state index in [0.717, 1.165) is 24.9 Å². The van der Waals surface area contributed by atoms with E-state index in [0.29, 0.717) is 10.9 Å². The van der Waals surface area contributed by atoms with Gasteiger partial charge in [0.25, 0.3) is 0 Å². The molecule has 0 spiro atoms. The molecular formula is C13H17NO2S. The molecule has 1 atom stereocenters. The van der Waals surface area contributed by atoms with Crippen LogP contribution in [0, 0.1) is 0 Å². The molecule has 1 aromatic carbocycles. The van der Waals surface area contributed by atoms with Gasteiger partial charge in [0.2, 0.25) is 0 Å². The van der Waals surface area contributed by atoms with Crippen molar-refractivity contribution in [1.29, 1.82) is 0 Å². The van der Waals surface area contributed by atoms with Gasteiger partial charge in [-0.15, -0.1) is 0 Å². The zero-order valence-electron chi connectivity index (χ0n) is 9.89. The van der Waals surface area contributed by atoms with Gasteiger partial charge < -0.3 is 5.32 Å². The van der Waals surface area contributed by atoms with E-state index in [2.05, 4.69) is 17.5 Å². The predicted molar refractivity (Wildman–Crippen MR) is 70.0 cm³/mol. The van der Waals surface area contributed by atoms with E-state index in [1.165, 1.54) is 6.26 Å². The van der Waals surface area contributed by atoms with Crippen molar-refractivity contribution < 1.29 is 8.42 Å². The first-order valence-electron chi connectivity index (χ1n) is 5.78. The smallest absolute Gasteiger partial charge is 0.177 e. The van der Waals surface area contributed by atoms with Crippen molar-refractivity contribution in [3.05, 3.63) is 36.4 Å². The largest absolute Gasteiger partial charge is 0.381 e. The number of allylic oxidation sites excluding steroid dienone is 1. The van der Waals surface area contributed by atoms with E-state index in [1.807, 2.05) is 12.1 Å². The third kappa shape index (κ3) is 3.09. The van der Waals surface area contributed by atoms with Crippen molar-refractivity contribution in [2.45, 2.75) is 30.2 Å². The highest BCUT2D eigenvalue weighted by molar-refractivity contribution is 7.90. The van der Waals surface area contributed by atoms with Gasteiger partial charge in [0.15, 0.2) is 9.84 Å². The summed E-state index contributed by atoms with van der Waals surface area (Å²) in [4.78, 5) is 0.384. The van der Waals surface area contributed by atoms with Crippen LogP contribution in [0.3, 0.4) is 0 Å². The van der Waals surface area contributed by atoms with Crippen molar-refractivity contribution >= 4 is 15.5 Å². The second-order valence-electron chi connectivity index (χ2n) is 4.39. The van der Waals surface area contributed by atoms with Crippen LogP contribution in [0.25, 0.3) is 0 Å². The third-order valence-corrected chi connectivity index (χ3v) is 4.07. The SMILES string of the molecule is CS(=O)(=O)c1ccccc1NC1CC=CCC1. The second-order valence-corrected chi connectivity index (χ2v) is 6.38. The number of benzene rings is 1. The molecular weight excluding hydrogens is 234 g/mol. The Hall–Kier alpha value is -1.29. The summed E-state index contributed by atoms with van der Waals surface area (Å²) in [5, 5.41) is 3.33. The Kier molecular flexibility index (Phi) is 3.52. The van der Waals surface area contributed by atoms with E-state index >= 15 is 0 Å². The molecule has 92 valence electrons. The van der Waals surface area contributed by atoms with Gasteiger partial charge in [-0.3, -0.25) is 0 Å². The van der Waals surface area contributed by atoms with Crippen LogP contribution in [-0.2, 0) is 9.84 Å². The lowest BCUT2D eigenvalue weighted by atomic mass is 10.0. The molecule has 0 aliphatic heterocycles. The number of hydrogen-bond acceptors (Lipinski definition) is 3. The average molecular weight is 251 g/mol. The van der Waals surface area contributed by atoms with Crippen LogP contribution >= 0.6 is 0 Å². The summed E-state index contributed by atoms with van der Waals surface area (Å²) in [5.41, 5.74) is 0.718. The third-order valence-electron chi connectivity index (χ3n) is 2.92. The van der Waals surface area contributed by atoms with E-state index in [1.54, 1.807) is 12.1 Å². The zero-order valence-corrected chi connectivity index (χ0v) is 10.7. The summed E-state index contributed by atoms with van der Waals surface area (Å²) in [6.07, 6.45) is 8.62. The van der Waals surface area contributed by atoms with Gasteiger partial charge in [-0.2, -0.15) is 0 Å². The first-order valence-corrected chi connectivity index (χ1v) is 7.67. The minimum Gasteiger partial charge on any atom is -0.381 e. The van der Waals surface area contributed by atoms with Gasteiger partial charge in [-0.1, -0.05) is 24.3 Å². The van der Waals surface area contributed by atoms with E-state index in [4.69, 9.17) is 0 Å². The van der Waals surface area contributed by atoms with Crippen molar-refractivity contribution in [2.24, 2.45) is 0 Å². The van der Waals surface area contributed by atoms with Gasteiger partial charge in [0.1, 0.15) is 0 Å². The minimum absolute atomic E-state index is 0.336. The minimum atomic E-state index is -3.16. The first kappa shape index (κ1) is 12.2. The Bertz CT molecular complexity index is 520. The van der Waals surface area contributed by atoms with Crippen LogP contribution in [0.4, 0.5) is 5.69 Å². The molecule has 1 aliphatic carbocycles. The Labute approximate surface area is 102 Å². The highest BCUT2D eigenvalue weighted by atomic mass is 32.2. The number of hydrogen-bond donors (Lipinski definition) is 1. The standard InChI is InChI=1S/C13H17NO2S/c1-17(15,16)13-10-6-5-9-12(13)14-11-7-3-2-4-8-11/h2-3,5-6,9-11,14H,4,7-8H2,1H3. The number of anilines is 1. The fraction of sp³-hybridized carbons (Fsp3) is 0.385. The summed E-state index contributed by atoms with van der Waals surface area (Å²) < 4.78 is 23.3. The molecule has 0 fully saturated rings. The summed E-state index contributed by atoms with van der Waals surface area (Å²) in [7, 11) is -3.16. The van der Waals surface area contributed by atoms with Gasteiger partial charge in [0.05, 0.1) is 10.6 Å². The van der Waals surface area contributed by atoms with E-state index < -0.39 is 9.84 Å². The molecule has 17 heavy (non-hydrogen) atoms. The molecule has 3 nitrogen and oxygen atoms in total. The molecule has 4 heteroatoms. The molecule has 0 heterocycles. The van der Waals surface area contributed by atoms with Gasteiger partial charge in [0, 0.05) is 12.3 Å². The molecule has 0 saturated heterocycles.